The lowest BCUT2D eigenvalue weighted by Gasteiger charge is -2.40. The van der Waals surface area contributed by atoms with E-state index in [9.17, 15) is 14.4 Å². The molecule has 2 fully saturated rings. The SMILES string of the molecule is Cc1ccc2c(c1)NC1(CCC(=O)N(C(C)C(=O)NC3CCC(C)CC3)CC1)NC2=O. The Kier molecular flexibility index (Phi) is 5.95. The first-order chi connectivity index (χ1) is 14.8. The predicted molar refractivity (Wildman–Crippen MR) is 120 cm³/mol. The normalized spacial score (nSPS) is 29.5. The van der Waals surface area contributed by atoms with Crippen molar-refractivity contribution in [2.75, 3.05) is 11.9 Å². The van der Waals surface area contributed by atoms with Gasteiger partial charge < -0.3 is 20.9 Å². The Labute approximate surface area is 184 Å². The van der Waals surface area contributed by atoms with E-state index in [2.05, 4.69) is 22.9 Å². The lowest BCUT2D eigenvalue weighted by Crippen LogP contribution is -2.58. The number of rotatable bonds is 3. The van der Waals surface area contributed by atoms with E-state index in [0.717, 1.165) is 42.9 Å². The van der Waals surface area contributed by atoms with E-state index < -0.39 is 11.7 Å². The summed E-state index contributed by atoms with van der Waals surface area (Å²) in [4.78, 5) is 40.2. The second-order valence-electron chi connectivity index (χ2n) is 9.69. The molecule has 1 aliphatic carbocycles. The topological polar surface area (TPSA) is 90.5 Å². The Hall–Kier alpha value is -2.57. The molecule has 3 aliphatic rings. The minimum absolute atomic E-state index is 0.0390. The van der Waals surface area contributed by atoms with Crippen LogP contribution in [0.3, 0.4) is 0 Å². The second-order valence-corrected chi connectivity index (χ2v) is 9.69. The third-order valence-electron chi connectivity index (χ3n) is 7.22. The molecule has 168 valence electrons. The van der Waals surface area contributed by atoms with Gasteiger partial charge in [-0.2, -0.15) is 0 Å². The van der Waals surface area contributed by atoms with Crippen LogP contribution >= 0.6 is 0 Å². The number of benzene rings is 1. The molecule has 0 radical (unpaired) electrons. The summed E-state index contributed by atoms with van der Waals surface area (Å²) in [6.07, 6.45) is 5.62. The fourth-order valence-electron chi connectivity index (χ4n) is 5.09. The van der Waals surface area contributed by atoms with Crippen LogP contribution in [-0.4, -0.2) is 46.9 Å². The van der Waals surface area contributed by atoms with Crippen molar-refractivity contribution in [1.82, 2.24) is 15.5 Å². The quantitative estimate of drug-likeness (QED) is 0.693. The molecule has 3 N–H and O–H groups in total. The molecular weight excluding hydrogens is 392 g/mol. The average molecular weight is 427 g/mol. The standard InChI is InChI=1S/C24H34N4O3/c1-15-4-7-18(8-5-15)25-22(30)17(3)28-13-12-24(11-10-21(28)29)26-20-14-16(2)6-9-19(20)23(31)27-24/h6,9,14-15,17-18,26H,4-5,7-8,10-13H2,1-3H3,(H,25,30)(H,27,31). The lowest BCUT2D eigenvalue weighted by molar-refractivity contribution is -0.139. The van der Waals surface area contributed by atoms with Gasteiger partial charge in [0.25, 0.3) is 5.91 Å². The second kappa shape index (κ2) is 8.52. The highest BCUT2D eigenvalue weighted by molar-refractivity contribution is 6.02. The first kappa shape index (κ1) is 21.7. The van der Waals surface area contributed by atoms with Crippen molar-refractivity contribution < 1.29 is 14.4 Å². The van der Waals surface area contributed by atoms with Gasteiger partial charge in [0.1, 0.15) is 11.7 Å². The molecule has 7 heteroatoms. The maximum atomic E-state index is 12.9. The number of carbonyl (C=O) groups is 3. The van der Waals surface area contributed by atoms with Gasteiger partial charge in [-0.3, -0.25) is 14.4 Å². The fourth-order valence-corrected chi connectivity index (χ4v) is 5.09. The van der Waals surface area contributed by atoms with Crippen LogP contribution in [0.15, 0.2) is 18.2 Å². The molecule has 0 bridgehead atoms. The molecule has 0 aromatic heterocycles. The number of hydrogen-bond donors (Lipinski definition) is 3. The largest absolute Gasteiger partial charge is 0.362 e. The van der Waals surface area contributed by atoms with Gasteiger partial charge in [-0.15, -0.1) is 0 Å². The van der Waals surface area contributed by atoms with E-state index >= 15 is 0 Å². The van der Waals surface area contributed by atoms with Gasteiger partial charge in [-0.1, -0.05) is 13.0 Å². The Morgan fingerprint density at radius 2 is 1.90 bits per heavy atom. The van der Waals surface area contributed by atoms with Crippen LogP contribution in [0.5, 0.6) is 0 Å². The molecule has 2 heterocycles. The van der Waals surface area contributed by atoms with Crippen molar-refractivity contribution in [1.29, 1.82) is 0 Å². The van der Waals surface area contributed by atoms with Crippen LogP contribution in [0.1, 0.15) is 74.7 Å². The molecule has 7 nitrogen and oxygen atoms in total. The van der Waals surface area contributed by atoms with E-state index in [1.807, 2.05) is 32.0 Å². The van der Waals surface area contributed by atoms with Crippen molar-refractivity contribution in [3.05, 3.63) is 29.3 Å². The number of carbonyl (C=O) groups excluding carboxylic acids is 3. The minimum atomic E-state index is -0.669. The van der Waals surface area contributed by atoms with Gasteiger partial charge in [0.15, 0.2) is 0 Å². The number of hydrogen-bond acceptors (Lipinski definition) is 4. The molecule has 2 aliphatic heterocycles. The summed E-state index contributed by atoms with van der Waals surface area (Å²) < 4.78 is 0. The first-order valence-corrected chi connectivity index (χ1v) is 11.6. The van der Waals surface area contributed by atoms with E-state index in [4.69, 9.17) is 0 Å². The Balaban J connectivity index is 1.43. The van der Waals surface area contributed by atoms with Crippen LogP contribution < -0.4 is 16.0 Å². The molecule has 1 spiro atoms. The van der Waals surface area contributed by atoms with Crippen LogP contribution in [0.25, 0.3) is 0 Å². The van der Waals surface area contributed by atoms with Gasteiger partial charge in [0, 0.05) is 31.1 Å². The van der Waals surface area contributed by atoms with Gasteiger partial charge in [0.2, 0.25) is 11.8 Å². The summed E-state index contributed by atoms with van der Waals surface area (Å²) in [7, 11) is 0. The maximum Gasteiger partial charge on any atom is 0.255 e. The van der Waals surface area contributed by atoms with Gasteiger partial charge in [0.05, 0.1) is 5.56 Å². The lowest BCUT2D eigenvalue weighted by atomic mass is 9.87. The molecule has 31 heavy (non-hydrogen) atoms. The number of nitrogens with one attached hydrogen (secondary N) is 3. The zero-order valence-electron chi connectivity index (χ0n) is 18.8. The summed E-state index contributed by atoms with van der Waals surface area (Å²) in [6, 6.07) is 5.41. The Morgan fingerprint density at radius 3 is 2.65 bits per heavy atom. The number of anilines is 1. The van der Waals surface area contributed by atoms with Gasteiger partial charge in [-0.05, 0) is 69.6 Å². The Morgan fingerprint density at radius 1 is 1.16 bits per heavy atom. The van der Waals surface area contributed by atoms with E-state index in [1.54, 1.807) is 4.90 Å². The van der Waals surface area contributed by atoms with E-state index in [0.29, 0.717) is 24.9 Å². The molecule has 2 unspecified atom stereocenters. The van der Waals surface area contributed by atoms with Crippen LogP contribution in [-0.2, 0) is 9.59 Å². The smallest absolute Gasteiger partial charge is 0.255 e. The number of likely N-dealkylation sites (tertiary alicyclic amines) is 1. The van der Waals surface area contributed by atoms with Gasteiger partial charge in [-0.25, -0.2) is 0 Å². The van der Waals surface area contributed by atoms with Crippen molar-refractivity contribution in [3.63, 3.8) is 0 Å². The number of aryl methyl sites for hydroxylation is 1. The Bertz CT molecular complexity index is 878. The summed E-state index contributed by atoms with van der Waals surface area (Å²) in [5, 5.41) is 9.74. The number of nitrogens with zero attached hydrogens (tertiary/aromatic N) is 1. The molecule has 1 aromatic carbocycles. The summed E-state index contributed by atoms with van der Waals surface area (Å²) >= 11 is 0. The highest BCUT2D eigenvalue weighted by atomic mass is 16.2. The monoisotopic (exact) mass is 426 g/mol. The summed E-state index contributed by atoms with van der Waals surface area (Å²) in [5.74, 6) is 0.487. The third-order valence-corrected chi connectivity index (χ3v) is 7.22. The number of fused-ring (bicyclic) bond motifs is 1. The van der Waals surface area contributed by atoms with Crippen LogP contribution in [0.4, 0.5) is 5.69 Å². The zero-order valence-corrected chi connectivity index (χ0v) is 18.8. The zero-order chi connectivity index (χ0) is 22.2. The summed E-state index contributed by atoms with van der Waals surface area (Å²) in [5.41, 5.74) is 1.84. The highest BCUT2D eigenvalue weighted by Gasteiger charge is 2.42. The van der Waals surface area contributed by atoms with Crippen LogP contribution in [0.2, 0.25) is 0 Å². The van der Waals surface area contributed by atoms with Crippen molar-refractivity contribution >= 4 is 23.4 Å². The minimum Gasteiger partial charge on any atom is -0.362 e. The van der Waals surface area contributed by atoms with Crippen molar-refractivity contribution in [2.45, 2.75) is 83.5 Å². The van der Waals surface area contributed by atoms with Crippen LogP contribution in [0, 0.1) is 12.8 Å². The van der Waals surface area contributed by atoms with Gasteiger partial charge >= 0.3 is 0 Å². The summed E-state index contributed by atoms with van der Waals surface area (Å²) in [6.45, 7) is 6.47. The molecule has 1 saturated carbocycles. The molecule has 2 atom stereocenters. The van der Waals surface area contributed by atoms with Crippen molar-refractivity contribution in [2.24, 2.45) is 5.92 Å². The first-order valence-electron chi connectivity index (χ1n) is 11.6. The predicted octanol–water partition coefficient (Wildman–Crippen LogP) is 2.94. The highest BCUT2D eigenvalue weighted by Crippen LogP contribution is 2.33. The van der Waals surface area contributed by atoms with E-state index in [1.165, 1.54) is 0 Å². The average Bonchev–Trinajstić information content (AvgIpc) is 2.88. The molecule has 4 rings (SSSR count). The van der Waals surface area contributed by atoms with Crippen molar-refractivity contribution in [3.8, 4) is 0 Å². The fraction of sp³-hybridized carbons (Fsp3) is 0.625. The molecule has 3 amide bonds. The molecular formula is C24H34N4O3. The molecule has 1 aromatic rings. The number of amides is 3. The third kappa shape index (κ3) is 4.55. The maximum absolute atomic E-state index is 12.9. The molecule has 1 saturated heterocycles. The van der Waals surface area contributed by atoms with E-state index in [-0.39, 0.29) is 30.2 Å².